The lowest BCUT2D eigenvalue weighted by Gasteiger charge is -2.04. The molecule has 88 valence electrons. The topological polar surface area (TPSA) is 65.2 Å². The van der Waals surface area contributed by atoms with E-state index >= 15 is 0 Å². The molecule has 5 nitrogen and oxygen atoms in total. The van der Waals surface area contributed by atoms with Crippen LogP contribution in [0.25, 0.3) is 11.5 Å². The number of rotatable bonds is 3. The fourth-order valence-electron chi connectivity index (χ4n) is 1.30. The van der Waals surface area contributed by atoms with Crippen LogP contribution in [0, 0.1) is 0 Å². The van der Waals surface area contributed by atoms with Crippen molar-refractivity contribution in [2.75, 3.05) is 0 Å². The van der Waals surface area contributed by atoms with Gasteiger partial charge in [0.1, 0.15) is 5.75 Å². The normalized spacial score (nSPS) is 10.2. The van der Waals surface area contributed by atoms with Gasteiger partial charge in [0.25, 0.3) is 5.89 Å². The number of halogens is 1. The smallest absolute Gasteiger partial charge is 0.308 e. The Hall–Kier alpha value is -1.88. The average molecular weight is 253 g/mol. The van der Waals surface area contributed by atoms with E-state index in [0.717, 1.165) is 0 Å². The number of aromatic nitrogens is 2. The number of alkyl halides is 1. The van der Waals surface area contributed by atoms with Crippen LogP contribution >= 0.6 is 11.6 Å². The van der Waals surface area contributed by atoms with E-state index in [1.54, 1.807) is 24.3 Å². The molecule has 0 saturated heterocycles. The van der Waals surface area contributed by atoms with Crippen molar-refractivity contribution in [2.45, 2.75) is 12.8 Å². The maximum atomic E-state index is 10.9. The van der Waals surface area contributed by atoms with Gasteiger partial charge in [-0.05, 0) is 12.1 Å². The molecule has 0 radical (unpaired) electrons. The van der Waals surface area contributed by atoms with Gasteiger partial charge in [0.15, 0.2) is 5.82 Å². The van der Waals surface area contributed by atoms with E-state index in [1.807, 2.05) is 0 Å². The Balaban J connectivity index is 2.40. The number of carbonyl (C=O) groups is 1. The second kappa shape index (κ2) is 4.97. The van der Waals surface area contributed by atoms with Gasteiger partial charge in [-0.15, -0.1) is 11.6 Å². The molecule has 0 aliphatic rings. The lowest BCUT2D eigenvalue weighted by atomic mass is 10.2. The first-order chi connectivity index (χ1) is 8.20. The number of nitrogens with zero attached hydrogens (tertiary/aromatic N) is 2. The van der Waals surface area contributed by atoms with Gasteiger partial charge in [0.05, 0.1) is 11.4 Å². The van der Waals surface area contributed by atoms with Crippen LogP contribution in [0.4, 0.5) is 0 Å². The van der Waals surface area contributed by atoms with Gasteiger partial charge in [-0.2, -0.15) is 4.98 Å². The average Bonchev–Trinajstić information content (AvgIpc) is 2.77. The van der Waals surface area contributed by atoms with Crippen molar-refractivity contribution in [3.63, 3.8) is 0 Å². The highest BCUT2D eigenvalue weighted by molar-refractivity contribution is 6.16. The van der Waals surface area contributed by atoms with Crippen molar-refractivity contribution in [1.29, 1.82) is 0 Å². The summed E-state index contributed by atoms with van der Waals surface area (Å²) in [5.41, 5.74) is 0.562. The van der Waals surface area contributed by atoms with Gasteiger partial charge >= 0.3 is 5.97 Å². The minimum absolute atomic E-state index is 0.166. The molecule has 1 heterocycles. The van der Waals surface area contributed by atoms with Crippen molar-refractivity contribution < 1.29 is 14.1 Å². The van der Waals surface area contributed by atoms with Gasteiger partial charge in [0, 0.05) is 6.92 Å². The molecular formula is C11H9ClN2O3. The monoisotopic (exact) mass is 252 g/mol. The lowest BCUT2D eigenvalue weighted by molar-refractivity contribution is -0.131. The summed E-state index contributed by atoms with van der Waals surface area (Å²) >= 11 is 5.58. The zero-order chi connectivity index (χ0) is 12.3. The molecule has 0 aliphatic carbocycles. The summed E-state index contributed by atoms with van der Waals surface area (Å²) < 4.78 is 10.1. The molecule has 1 aromatic heterocycles. The van der Waals surface area contributed by atoms with Crippen LogP contribution in [0.15, 0.2) is 28.8 Å². The summed E-state index contributed by atoms with van der Waals surface area (Å²) in [6, 6.07) is 6.92. The molecule has 0 fully saturated rings. The number of hydrogen-bond donors (Lipinski definition) is 0. The highest BCUT2D eigenvalue weighted by Crippen LogP contribution is 2.28. The number of benzene rings is 1. The van der Waals surface area contributed by atoms with Gasteiger partial charge in [-0.1, -0.05) is 17.3 Å². The minimum Gasteiger partial charge on any atom is -0.426 e. The van der Waals surface area contributed by atoms with Crippen LogP contribution in [0.2, 0.25) is 0 Å². The van der Waals surface area contributed by atoms with Crippen LogP contribution in [0.3, 0.4) is 0 Å². The Labute approximate surface area is 102 Å². The minimum atomic E-state index is -0.408. The van der Waals surface area contributed by atoms with Gasteiger partial charge < -0.3 is 9.26 Å². The van der Waals surface area contributed by atoms with E-state index in [2.05, 4.69) is 10.1 Å². The lowest BCUT2D eigenvalue weighted by Crippen LogP contribution is -2.02. The van der Waals surface area contributed by atoms with E-state index in [4.69, 9.17) is 20.9 Å². The summed E-state index contributed by atoms with van der Waals surface area (Å²) in [5.74, 6) is 0.801. The molecule has 0 aliphatic heterocycles. The quantitative estimate of drug-likeness (QED) is 0.477. The van der Waals surface area contributed by atoms with Gasteiger partial charge in [-0.25, -0.2) is 0 Å². The number of hydrogen-bond acceptors (Lipinski definition) is 5. The summed E-state index contributed by atoms with van der Waals surface area (Å²) in [6.45, 7) is 1.33. The summed E-state index contributed by atoms with van der Waals surface area (Å²) in [7, 11) is 0. The van der Waals surface area contributed by atoms with Crippen molar-refractivity contribution in [1.82, 2.24) is 10.1 Å². The predicted octanol–water partition coefficient (Wildman–Crippen LogP) is 2.40. The largest absolute Gasteiger partial charge is 0.426 e. The number of esters is 1. The second-order valence-corrected chi connectivity index (χ2v) is 3.51. The molecule has 0 saturated carbocycles. The standard InChI is InChI=1S/C11H9ClN2O3/c1-7(15)16-9-5-3-2-4-8(9)11-13-10(6-12)14-17-11/h2-5H,6H2,1H3. The van der Waals surface area contributed by atoms with Crippen LogP contribution in [-0.4, -0.2) is 16.1 Å². The van der Waals surface area contributed by atoms with Crippen LogP contribution in [-0.2, 0) is 10.7 Å². The van der Waals surface area contributed by atoms with Crippen molar-refractivity contribution in [3.05, 3.63) is 30.1 Å². The first-order valence-electron chi connectivity index (χ1n) is 4.87. The Kier molecular flexibility index (Phi) is 3.39. The van der Waals surface area contributed by atoms with Gasteiger partial charge in [0.2, 0.25) is 0 Å². The molecule has 17 heavy (non-hydrogen) atoms. The molecule has 6 heteroatoms. The molecule has 0 bridgehead atoms. The van der Waals surface area contributed by atoms with E-state index in [9.17, 15) is 4.79 Å². The van der Waals surface area contributed by atoms with Gasteiger partial charge in [-0.3, -0.25) is 4.79 Å². The Morgan fingerprint density at radius 1 is 1.47 bits per heavy atom. The van der Waals surface area contributed by atoms with Crippen molar-refractivity contribution in [2.24, 2.45) is 0 Å². The van der Waals surface area contributed by atoms with Crippen LogP contribution < -0.4 is 4.74 Å². The fraction of sp³-hybridized carbons (Fsp3) is 0.182. The van der Waals surface area contributed by atoms with E-state index in [-0.39, 0.29) is 11.8 Å². The first-order valence-corrected chi connectivity index (χ1v) is 5.40. The SMILES string of the molecule is CC(=O)Oc1ccccc1-c1nc(CCl)no1. The van der Waals surface area contributed by atoms with E-state index < -0.39 is 5.97 Å². The maximum absolute atomic E-state index is 10.9. The first kappa shape index (κ1) is 11.6. The van der Waals surface area contributed by atoms with Crippen molar-refractivity contribution in [3.8, 4) is 17.2 Å². The molecule has 0 amide bonds. The highest BCUT2D eigenvalue weighted by Gasteiger charge is 2.14. The zero-order valence-electron chi connectivity index (χ0n) is 9.01. The third-order valence-corrected chi connectivity index (χ3v) is 2.20. The number of carbonyl (C=O) groups excluding carboxylic acids is 1. The molecule has 0 spiro atoms. The molecular weight excluding hydrogens is 244 g/mol. The Bertz CT molecular complexity index is 539. The summed E-state index contributed by atoms with van der Waals surface area (Å²) in [4.78, 5) is 15.0. The predicted molar refractivity (Wildman–Crippen MR) is 60.6 cm³/mol. The van der Waals surface area contributed by atoms with Crippen LogP contribution in [0.5, 0.6) is 5.75 Å². The fourth-order valence-corrected chi connectivity index (χ4v) is 1.41. The molecule has 2 rings (SSSR count). The van der Waals surface area contributed by atoms with Crippen LogP contribution in [0.1, 0.15) is 12.7 Å². The number of para-hydroxylation sites is 1. The third-order valence-electron chi connectivity index (χ3n) is 1.96. The zero-order valence-corrected chi connectivity index (χ0v) is 9.77. The maximum Gasteiger partial charge on any atom is 0.308 e. The summed E-state index contributed by atoms with van der Waals surface area (Å²) in [5, 5.41) is 3.67. The summed E-state index contributed by atoms with van der Waals surface area (Å²) in [6.07, 6.45) is 0. The van der Waals surface area contributed by atoms with E-state index in [0.29, 0.717) is 17.1 Å². The second-order valence-electron chi connectivity index (χ2n) is 3.24. The molecule has 1 aromatic carbocycles. The molecule has 0 atom stereocenters. The molecule has 0 unspecified atom stereocenters. The number of ether oxygens (including phenoxy) is 1. The van der Waals surface area contributed by atoms with Crippen molar-refractivity contribution >= 4 is 17.6 Å². The Morgan fingerprint density at radius 2 is 2.24 bits per heavy atom. The molecule has 0 N–H and O–H groups in total. The third kappa shape index (κ3) is 2.62. The Morgan fingerprint density at radius 3 is 2.88 bits per heavy atom. The molecule has 2 aromatic rings. The highest BCUT2D eigenvalue weighted by atomic mass is 35.5. The van der Waals surface area contributed by atoms with E-state index in [1.165, 1.54) is 6.92 Å².